The molecule has 0 fully saturated rings. The Morgan fingerprint density at radius 2 is 1.75 bits per heavy atom. The normalized spacial score (nSPS) is 12.6. The molecular weight excluding hydrogens is 253 g/mol. The van der Waals surface area contributed by atoms with E-state index in [0.29, 0.717) is 5.56 Å². The van der Waals surface area contributed by atoms with Crippen LogP contribution in [-0.2, 0) is 0 Å². The second kappa shape index (κ2) is 4.98. The van der Waals surface area contributed by atoms with Crippen molar-refractivity contribution >= 4 is 11.0 Å². The maximum Gasteiger partial charge on any atom is 0.128 e. The van der Waals surface area contributed by atoms with Crippen LogP contribution in [0.1, 0.15) is 22.7 Å². The molecule has 3 rings (SSSR count). The number of hydrogen-bond donors (Lipinski definition) is 1. The first-order valence-corrected chi connectivity index (χ1v) is 6.37. The molecule has 0 saturated carbocycles. The van der Waals surface area contributed by atoms with Gasteiger partial charge in [0.25, 0.3) is 0 Å². The predicted molar refractivity (Wildman–Crippen MR) is 76.7 cm³/mol. The average molecular weight is 267 g/mol. The van der Waals surface area contributed by atoms with Crippen molar-refractivity contribution in [2.75, 3.05) is 0 Å². The van der Waals surface area contributed by atoms with E-state index in [1.165, 1.54) is 6.07 Å². The highest BCUT2D eigenvalue weighted by Gasteiger charge is 2.14. The maximum absolute atomic E-state index is 13.9. The third-order valence-electron chi connectivity index (χ3n) is 3.34. The molecule has 1 heterocycles. The van der Waals surface area contributed by atoms with Crippen LogP contribution in [0.15, 0.2) is 48.8 Å². The first kappa shape index (κ1) is 12.7. The quantitative estimate of drug-likeness (QED) is 0.776. The molecule has 1 aromatic heterocycles. The molecule has 0 amide bonds. The van der Waals surface area contributed by atoms with Crippen molar-refractivity contribution in [3.8, 4) is 0 Å². The summed E-state index contributed by atoms with van der Waals surface area (Å²) in [5.74, 6) is -0.289. The van der Waals surface area contributed by atoms with Gasteiger partial charge < -0.3 is 5.73 Å². The maximum atomic E-state index is 13.9. The number of benzene rings is 2. The number of rotatable bonds is 2. The molecule has 0 aliphatic rings. The van der Waals surface area contributed by atoms with Crippen LogP contribution in [-0.4, -0.2) is 9.97 Å². The Morgan fingerprint density at radius 3 is 2.55 bits per heavy atom. The summed E-state index contributed by atoms with van der Waals surface area (Å²) in [5.41, 5.74) is 10.0. The molecule has 3 nitrogen and oxygen atoms in total. The lowest BCUT2D eigenvalue weighted by Gasteiger charge is -2.14. The summed E-state index contributed by atoms with van der Waals surface area (Å²) in [6, 6.07) is 10.0. The molecule has 2 N–H and O–H groups in total. The third-order valence-corrected chi connectivity index (χ3v) is 3.34. The number of halogens is 1. The Hall–Kier alpha value is -2.33. The summed E-state index contributed by atoms with van der Waals surface area (Å²) in [6.45, 7) is 1.92. The van der Waals surface area contributed by atoms with Crippen molar-refractivity contribution in [3.63, 3.8) is 0 Å². The lowest BCUT2D eigenvalue weighted by molar-refractivity contribution is 0.599. The summed E-state index contributed by atoms with van der Waals surface area (Å²) >= 11 is 0. The molecule has 20 heavy (non-hydrogen) atoms. The van der Waals surface area contributed by atoms with E-state index in [2.05, 4.69) is 9.97 Å². The summed E-state index contributed by atoms with van der Waals surface area (Å²) < 4.78 is 13.9. The van der Waals surface area contributed by atoms with E-state index >= 15 is 0 Å². The summed E-state index contributed by atoms with van der Waals surface area (Å²) in [5, 5.41) is 0. The second-order valence-electron chi connectivity index (χ2n) is 4.81. The molecule has 0 aliphatic carbocycles. The minimum atomic E-state index is -0.513. The zero-order chi connectivity index (χ0) is 14.1. The molecule has 0 spiro atoms. The molecular formula is C16H14FN3. The van der Waals surface area contributed by atoms with Gasteiger partial charge in [-0.2, -0.15) is 0 Å². The Bertz CT molecular complexity index is 771. The first-order valence-electron chi connectivity index (χ1n) is 6.37. The highest BCUT2D eigenvalue weighted by Crippen LogP contribution is 2.25. The Balaban J connectivity index is 2.07. The van der Waals surface area contributed by atoms with Gasteiger partial charge in [0, 0.05) is 18.0 Å². The van der Waals surface area contributed by atoms with Crippen LogP contribution in [0.3, 0.4) is 0 Å². The van der Waals surface area contributed by atoms with E-state index in [9.17, 15) is 4.39 Å². The first-order chi connectivity index (χ1) is 9.65. The van der Waals surface area contributed by atoms with E-state index in [-0.39, 0.29) is 5.82 Å². The molecule has 0 aliphatic heterocycles. The zero-order valence-corrected chi connectivity index (χ0v) is 11.0. The van der Waals surface area contributed by atoms with Crippen molar-refractivity contribution in [1.82, 2.24) is 9.97 Å². The molecule has 3 aromatic rings. The highest BCUT2D eigenvalue weighted by molar-refractivity contribution is 5.74. The Labute approximate surface area is 116 Å². The molecule has 0 bridgehead atoms. The van der Waals surface area contributed by atoms with Gasteiger partial charge in [0.05, 0.1) is 17.1 Å². The smallest absolute Gasteiger partial charge is 0.128 e. The molecule has 100 valence electrons. The van der Waals surface area contributed by atoms with E-state index in [1.807, 2.05) is 25.1 Å². The van der Waals surface area contributed by atoms with Crippen LogP contribution in [0.4, 0.5) is 4.39 Å². The number of aromatic nitrogens is 2. The SMILES string of the molecule is Cc1ccc(F)c(C(N)c2ccc3nccnc3c2)c1. The van der Waals surface area contributed by atoms with Gasteiger partial charge in [-0.05, 0) is 30.7 Å². The van der Waals surface area contributed by atoms with Gasteiger partial charge in [0.1, 0.15) is 5.82 Å². The summed E-state index contributed by atoms with van der Waals surface area (Å²) in [6.07, 6.45) is 3.27. The summed E-state index contributed by atoms with van der Waals surface area (Å²) in [7, 11) is 0. The molecule has 2 aromatic carbocycles. The fourth-order valence-corrected chi connectivity index (χ4v) is 2.25. The van der Waals surface area contributed by atoms with Crippen molar-refractivity contribution in [2.24, 2.45) is 5.73 Å². The number of aryl methyl sites for hydroxylation is 1. The van der Waals surface area contributed by atoms with Crippen molar-refractivity contribution < 1.29 is 4.39 Å². The van der Waals surface area contributed by atoms with Gasteiger partial charge in [-0.25, -0.2) is 4.39 Å². The summed E-state index contributed by atoms with van der Waals surface area (Å²) in [4.78, 5) is 8.45. The molecule has 0 saturated heterocycles. The third kappa shape index (κ3) is 2.26. The van der Waals surface area contributed by atoms with E-state index < -0.39 is 6.04 Å². The zero-order valence-electron chi connectivity index (χ0n) is 11.0. The molecule has 1 atom stereocenters. The van der Waals surface area contributed by atoms with Gasteiger partial charge >= 0.3 is 0 Å². The highest BCUT2D eigenvalue weighted by atomic mass is 19.1. The number of nitrogens with zero attached hydrogens (tertiary/aromatic N) is 2. The van der Waals surface area contributed by atoms with Gasteiger partial charge in [0.15, 0.2) is 0 Å². The van der Waals surface area contributed by atoms with Crippen molar-refractivity contribution in [2.45, 2.75) is 13.0 Å². The van der Waals surface area contributed by atoms with Crippen LogP contribution in [0, 0.1) is 12.7 Å². The predicted octanol–water partition coefficient (Wildman–Crippen LogP) is 3.13. The van der Waals surface area contributed by atoms with Gasteiger partial charge in [-0.3, -0.25) is 9.97 Å². The topological polar surface area (TPSA) is 51.8 Å². The minimum absolute atomic E-state index is 0.289. The van der Waals surface area contributed by atoms with Crippen molar-refractivity contribution in [1.29, 1.82) is 0 Å². The lowest BCUT2D eigenvalue weighted by Crippen LogP contribution is -2.14. The second-order valence-corrected chi connectivity index (χ2v) is 4.81. The van der Waals surface area contributed by atoms with Gasteiger partial charge in [0.2, 0.25) is 0 Å². The number of nitrogens with two attached hydrogens (primary N) is 1. The minimum Gasteiger partial charge on any atom is -0.320 e. The number of fused-ring (bicyclic) bond motifs is 1. The van der Waals surface area contributed by atoms with E-state index in [4.69, 9.17) is 5.73 Å². The van der Waals surface area contributed by atoms with E-state index in [1.54, 1.807) is 24.5 Å². The van der Waals surface area contributed by atoms with Crippen molar-refractivity contribution in [3.05, 3.63) is 71.3 Å². The van der Waals surface area contributed by atoms with Gasteiger partial charge in [-0.1, -0.05) is 23.8 Å². The van der Waals surface area contributed by atoms with Crippen LogP contribution < -0.4 is 5.73 Å². The van der Waals surface area contributed by atoms with Gasteiger partial charge in [-0.15, -0.1) is 0 Å². The average Bonchev–Trinajstić information content (AvgIpc) is 2.48. The van der Waals surface area contributed by atoms with Crippen LogP contribution in [0.25, 0.3) is 11.0 Å². The number of hydrogen-bond acceptors (Lipinski definition) is 3. The largest absolute Gasteiger partial charge is 0.320 e. The van der Waals surface area contributed by atoms with Crippen LogP contribution in [0.2, 0.25) is 0 Å². The Kier molecular flexibility index (Phi) is 3.16. The molecule has 0 radical (unpaired) electrons. The lowest BCUT2D eigenvalue weighted by atomic mass is 9.97. The fourth-order valence-electron chi connectivity index (χ4n) is 2.25. The van der Waals surface area contributed by atoms with Crippen LogP contribution in [0.5, 0.6) is 0 Å². The molecule has 4 heteroatoms. The van der Waals surface area contributed by atoms with E-state index in [0.717, 1.165) is 22.2 Å². The van der Waals surface area contributed by atoms with Crippen LogP contribution >= 0.6 is 0 Å². The molecule has 1 unspecified atom stereocenters. The Morgan fingerprint density at radius 1 is 1.00 bits per heavy atom. The standard InChI is InChI=1S/C16H14FN3/c1-10-2-4-13(17)12(8-10)16(18)11-3-5-14-15(9-11)20-7-6-19-14/h2-9,16H,18H2,1H3. The monoisotopic (exact) mass is 267 g/mol. The fraction of sp³-hybridized carbons (Fsp3) is 0.125.